The van der Waals surface area contributed by atoms with Crippen LogP contribution in [0.2, 0.25) is 0 Å². The molecule has 1 spiro atoms. The summed E-state index contributed by atoms with van der Waals surface area (Å²) in [5.41, 5.74) is 8.58. The number of rotatable bonds is 0. The van der Waals surface area contributed by atoms with E-state index < -0.39 is 0 Å². The zero-order valence-corrected chi connectivity index (χ0v) is 18.5. The van der Waals surface area contributed by atoms with Crippen molar-refractivity contribution in [3.8, 4) is 11.3 Å². The van der Waals surface area contributed by atoms with Crippen molar-refractivity contribution < 1.29 is 13.6 Å². The van der Waals surface area contributed by atoms with E-state index >= 15 is 0 Å². The van der Waals surface area contributed by atoms with Crippen molar-refractivity contribution in [2.75, 3.05) is 0 Å². The van der Waals surface area contributed by atoms with Crippen molar-refractivity contribution in [1.29, 1.82) is 0 Å². The highest BCUT2D eigenvalue weighted by molar-refractivity contribution is 6.32. The van der Waals surface area contributed by atoms with Gasteiger partial charge in [0.15, 0.2) is 25.5 Å². The van der Waals surface area contributed by atoms with Gasteiger partial charge in [-0.1, -0.05) is 36.4 Å². The van der Waals surface area contributed by atoms with E-state index in [1.807, 2.05) is 0 Å². The molecule has 1 unspecified atom stereocenters. The Kier molecular flexibility index (Phi) is 2.86. The SMILES string of the molecule is c1ccc2c(c1)-c1cccc[n+]1CC21C[n+]2cccc3c4cccc5oc6ccc1c(c6c54)c32. The Labute approximate surface area is 195 Å². The molecule has 2 aliphatic rings. The molecule has 9 rings (SSSR count). The smallest absolute Gasteiger partial charge is 0.221 e. The summed E-state index contributed by atoms with van der Waals surface area (Å²) in [6.07, 6.45) is 4.50. The third-order valence-electron chi connectivity index (χ3n) is 8.32. The predicted octanol–water partition coefficient (Wildman–Crippen LogP) is 5.89. The molecule has 0 saturated heterocycles. The van der Waals surface area contributed by atoms with Gasteiger partial charge >= 0.3 is 0 Å². The van der Waals surface area contributed by atoms with Crippen molar-refractivity contribution >= 4 is 43.6 Å². The molecule has 0 aliphatic carbocycles. The molecule has 1 atom stereocenters. The van der Waals surface area contributed by atoms with E-state index in [1.165, 1.54) is 54.8 Å². The lowest BCUT2D eigenvalue weighted by molar-refractivity contribution is -0.725. The first-order valence-corrected chi connectivity index (χ1v) is 11.9. The van der Waals surface area contributed by atoms with Gasteiger partial charge in [0, 0.05) is 34.4 Å². The molecule has 0 bridgehead atoms. The summed E-state index contributed by atoms with van der Waals surface area (Å²) >= 11 is 0. The molecule has 3 heteroatoms. The molecule has 3 nitrogen and oxygen atoms in total. The number of hydrogen-bond donors (Lipinski definition) is 0. The van der Waals surface area contributed by atoms with Gasteiger partial charge in [0.05, 0.1) is 16.3 Å². The Hall–Kier alpha value is -4.24. The maximum absolute atomic E-state index is 6.39. The second-order valence-corrected chi connectivity index (χ2v) is 9.88. The zero-order valence-electron chi connectivity index (χ0n) is 18.5. The third kappa shape index (κ3) is 1.81. The van der Waals surface area contributed by atoms with E-state index in [0.29, 0.717) is 0 Å². The van der Waals surface area contributed by atoms with Gasteiger partial charge in [0.1, 0.15) is 16.6 Å². The average molecular weight is 437 g/mol. The van der Waals surface area contributed by atoms with Crippen LogP contribution in [-0.4, -0.2) is 0 Å². The second-order valence-electron chi connectivity index (χ2n) is 9.88. The van der Waals surface area contributed by atoms with E-state index in [9.17, 15) is 0 Å². The van der Waals surface area contributed by atoms with E-state index in [-0.39, 0.29) is 5.41 Å². The summed E-state index contributed by atoms with van der Waals surface area (Å²) in [5, 5.41) is 6.48. The highest BCUT2D eigenvalue weighted by Crippen LogP contribution is 2.51. The minimum absolute atomic E-state index is 0.161. The van der Waals surface area contributed by atoms with E-state index in [1.54, 1.807) is 0 Å². The second kappa shape index (κ2) is 5.63. The van der Waals surface area contributed by atoms with Gasteiger partial charge in [-0.25, -0.2) is 0 Å². The van der Waals surface area contributed by atoms with Gasteiger partial charge in [-0.3, -0.25) is 0 Å². The molecule has 0 amide bonds. The van der Waals surface area contributed by atoms with Crippen molar-refractivity contribution in [2.45, 2.75) is 18.5 Å². The first-order chi connectivity index (χ1) is 16.8. The minimum atomic E-state index is -0.161. The lowest BCUT2D eigenvalue weighted by atomic mass is 9.67. The molecule has 5 heterocycles. The first-order valence-electron chi connectivity index (χ1n) is 11.9. The molecule has 7 aromatic rings. The first kappa shape index (κ1) is 17.3. The summed E-state index contributed by atoms with van der Waals surface area (Å²) in [5.74, 6) is 0. The van der Waals surface area contributed by atoms with Crippen molar-refractivity contribution in [2.24, 2.45) is 0 Å². The number of furan rings is 1. The zero-order chi connectivity index (χ0) is 22.0. The monoisotopic (exact) mass is 436 g/mol. The van der Waals surface area contributed by atoms with E-state index in [2.05, 4.69) is 106 Å². The maximum atomic E-state index is 6.39. The number of benzene rings is 4. The Morgan fingerprint density at radius 3 is 2.41 bits per heavy atom. The number of fused-ring (bicyclic) bond motifs is 6. The lowest BCUT2D eigenvalue weighted by Gasteiger charge is -2.37. The van der Waals surface area contributed by atoms with Crippen molar-refractivity contribution in [1.82, 2.24) is 0 Å². The minimum Gasteiger partial charge on any atom is -0.456 e. The Morgan fingerprint density at radius 1 is 0.588 bits per heavy atom. The van der Waals surface area contributed by atoms with Crippen LogP contribution in [0.15, 0.2) is 102 Å². The number of pyridine rings is 2. The molecule has 34 heavy (non-hydrogen) atoms. The van der Waals surface area contributed by atoms with Crippen LogP contribution in [0.1, 0.15) is 11.1 Å². The fourth-order valence-corrected chi connectivity index (χ4v) is 7.06. The summed E-state index contributed by atoms with van der Waals surface area (Å²) in [6, 6.07) is 31.0. The normalized spacial score (nSPS) is 18.5. The van der Waals surface area contributed by atoms with Gasteiger partial charge in [0.25, 0.3) is 0 Å². The Balaban J connectivity index is 1.53. The van der Waals surface area contributed by atoms with Crippen LogP contribution in [0.3, 0.4) is 0 Å². The molecule has 2 aliphatic heterocycles. The van der Waals surface area contributed by atoms with Crippen LogP contribution < -0.4 is 9.13 Å². The molecule has 158 valence electrons. The van der Waals surface area contributed by atoms with Crippen molar-refractivity contribution in [3.05, 3.63) is 108 Å². The molecule has 3 aromatic heterocycles. The van der Waals surface area contributed by atoms with Gasteiger partial charge in [-0.05, 0) is 41.5 Å². The van der Waals surface area contributed by atoms with Crippen LogP contribution >= 0.6 is 0 Å². The quantitative estimate of drug-likeness (QED) is 0.215. The maximum Gasteiger partial charge on any atom is 0.221 e. The topological polar surface area (TPSA) is 20.9 Å². The predicted molar refractivity (Wildman–Crippen MR) is 133 cm³/mol. The molecule has 0 fully saturated rings. The molecule has 4 aromatic carbocycles. The fraction of sp³-hybridized carbons (Fsp3) is 0.0968. The van der Waals surface area contributed by atoms with Gasteiger partial charge in [0.2, 0.25) is 11.2 Å². The number of aromatic nitrogens is 2. The summed E-state index contributed by atoms with van der Waals surface area (Å²) in [6.45, 7) is 1.83. The number of hydrogen-bond acceptors (Lipinski definition) is 1. The summed E-state index contributed by atoms with van der Waals surface area (Å²) in [7, 11) is 0. The lowest BCUT2D eigenvalue weighted by Crippen LogP contribution is -2.59. The van der Waals surface area contributed by atoms with Crippen LogP contribution in [0, 0.1) is 0 Å². The highest BCUT2D eigenvalue weighted by Gasteiger charge is 2.52. The van der Waals surface area contributed by atoms with Gasteiger partial charge < -0.3 is 4.42 Å². The molecule has 0 N–H and O–H groups in total. The number of nitrogens with zero attached hydrogens (tertiary/aromatic N) is 2. The van der Waals surface area contributed by atoms with Crippen LogP contribution in [0.25, 0.3) is 54.9 Å². The third-order valence-corrected chi connectivity index (χ3v) is 8.32. The molecule has 0 radical (unpaired) electrons. The molecular formula is C31H20N2O+2. The van der Waals surface area contributed by atoms with Gasteiger partial charge in [-0.15, -0.1) is 0 Å². The largest absolute Gasteiger partial charge is 0.456 e. The average Bonchev–Trinajstić information content (AvgIpc) is 3.28. The molecular weight excluding hydrogens is 416 g/mol. The van der Waals surface area contributed by atoms with E-state index in [4.69, 9.17) is 4.42 Å². The highest BCUT2D eigenvalue weighted by atomic mass is 16.3. The van der Waals surface area contributed by atoms with Crippen LogP contribution in [0.5, 0.6) is 0 Å². The Bertz CT molecular complexity index is 1980. The standard InChI is InChI=1S/C31H20N2O/c1-2-10-22-21(7-1)24-11-3-4-15-32(24)17-31(22)18-33-16-6-9-20-19-8-5-12-25-27(19)29-26(34-25)14-13-23(31)28(29)30(20)33/h1-16H,17-18H2/q+2. The van der Waals surface area contributed by atoms with Crippen LogP contribution in [0.4, 0.5) is 0 Å². The molecule has 0 saturated carbocycles. The summed E-state index contributed by atoms with van der Waals surface area (Å²) < 4.78 is 11.3. The summed E-state index contributed by atoms with van der Waals surface area (Å²) in [4.78, 5) is 0. The van der Waals surface area contributed by atoms with Crippen molar-refractivity contribution in [3.63, 3.8) is 0 Å². The fourth-order valence-electron chi connectivity index (χ4n) is 7.06. The Morgan fingerprint density at radius 2 is 1.41 bits per heavy atom. The van der Waals surface area contributed by atoms with Gasteiger partial charge in [-0.2, -0.15) is 9.13 Å². The van der Waals surface area contributed by atoms with Crippen LogP contribution in [-0.2, 0) is 18.5 Å². The van der Waals surface area contributed by atoms with E-state index in [0.717, 1.165) is 24.3 Å².